The molecule has 3 heterocycles. The van der Waals surface area contributed by atoms with E-state index in [2.05, 4.69) is 15.5 Å². The molecule has 6 nitrogen and oxygen atoms in total. The molecule has 0 bridgehead atoms. The van der Waals surface area contributed by atoms with Crippen molar-refractivity contribution in [1.29, 1.82) is 0 Å². The van der Waals surface area contributed by atoms with Crippen molar-refractivity contribution < 1.29 is 9.21 Å². The standard InChI is InChI=1S/C19H18N4O2S/c1-3-17(18(24)21-13-6-4-12(2)5-7-13)26-19-15-10-16-14(8-9-25-16)23(15)11-20-22-19/h4-11,17H,3H2,1-2H3,(H,21,24)/t17-/m0/s1. The largest absolute Gasteiger partial charge is 0.463 e. The van der Waals surface area contributed by atoms with Gasteiger partial charge in [-0.25, -0.2) is 0 Å². The molecule has 4 rings (SSSR count). The molecule has 132 valence electrons. The Bertz CT molecular complexity index is 1070. The SMILES string of the molecule is CC[C@H](Sc1nncn2c1cc1occc12)C(=O)Nc1ccc(C)cc1. The number of rotatable bonds is 5. The Hall–Kier alpha value is -2.80. The number of nitrogens with zero attached hydrogens (tertiary/aromatic N) is 3. The second-order valence-electron chi connectivity index (χ2n) is 6.08. The van der Waals surface area contributed by atoms with Crippen LogP contribution in [0.2, 0.25) is 0 Å². The lowest BCUT2D eigenvalue weighted by molar-refractivity contribution is -0.115. The summed E-state index contributed by atoms with van der Waals surface area (Å²) in [6, 6.07) is 11.6. The molecular weight excluding hydrogens is 348 g/mol. The van der Waals surface area contributed by atoms with Crippen molar-refractivity contribution in [1.82, 2.24) is 14.6 Å². The van der Waals surface area contributed by atoms with Crippen molar-refractivity contribution >= 4 is 40.0 Å². The van der Waals surface area contributed by atoms with Gasteiger partial charge < -0.3 is 9.73 Å². The molecule has 1 atom stereocenters. The average Bonchev–Trinajstić information content (AvgIpc) is 3.23. The molecule has 0 radical (unpaired) electrons. The zero-order valence-electron chi connectivity index (χ0n) is 14.5. The van der Waals surface area contributed by atoms with Gasteiger partial charge in [0, 0.05) is 17.8 Å². The lowest BCUT2D eigenvalue weighted by atomic mass is 10.2. The number of thioether (sulfide) groups is 1. The minimum absolute atomic E-state index is 0.0413. The number of hydrogen-bond acceptors (Lipinski definition) is 5. The Morgan fingerprint density at radius 2 is 2.08 bits per heavy atom. The number of carbonyl (C=O) groups excluding carboxylic acids is 1. The van der Waals surface area contributed by atoms with Crippen molar-refractivity contribution in [2.45, 2.75) is 30.5 Å². The first-order valence-electron chi connectivity index (χ1n) is 8.40. The second kappa shape index (κ2) is 6.84. The number of fused-ring (bicyclic) bond motifs is 3. The van der Waals surface area contributed by atoms with E-state index in [1.165, 1.54) is 11.8 Å². The molecule has 0 aliphatic carbocycles. The van der Waals surface area contributed by atoms with Crippen molar-refractivity contribution in [3.8, 4) is 0 Å². The van der Waals surface area contributed by atoms with Crippen LogP contribution < -0.4 is 5.32 Å². The average molecular weight is 366 g/mol. The lowest BCUT2D eigenvalue weighted by Crippen LogP contribution is -2.24. The summed E-state index contributed by atoms with van der Waals surface area (Å²) in [7, 11) is 0. The van der Waals surface area contributed by atoms with Crippen LogP contribution in [-0.4, -0.2) is 25.8 Å². The summed E-state index contributed by atoms with van der Waals surface area (Å²) < 4.78 is 7.39. The minimum atomic E-state index is -0.266. The molecule has 0 aliphatic heterocycles. The van der Waals surface area contributed by atoms with Crippen LogP contribution in [0.4, 0.5) is 5.69 Å². The van der Waals surface area contributed by atoms with Gasteiger partial charge in [-0.1, -0.05) is 36.4 Å². The summed E-state index contributed by atoms with van der Waals surface area (Å²) in [5.74, 6) is -0.0413. The molecule has 7 heteroatoms. The van der Waals surface area contributed by atoms with Crippen LogP contribution in [0.1, 0.15) is 18.9 Å². The number of hydrogen-bond donors (Lipinski definition) is 1. The molecule has 1 amide bonds. The molecule has 0 saturated carbocycles. The Balaban J connectivity index is 1.58. The van der Waals surface area contributed by atoms with E-state index in [9.17, 15) is 4.79 Å². The van der Waals surface area contributed by atoms with Crippen LogP contribution in [0, 0.1) is 6.92 Å². The van der Waals surface area contributed by atoms with Gasteiger partial charge in [0.2, 0.25) is 5.91 Å². The highest BCUT2D eigenvalue weighted by molar-refractivity contribution is 8.00. The van der Waals surface area contributed by atoms with E-state index in [1.54, 1.807) is 12.6 Å². The van der Waals surface area contributed by atoms with E-state index in [0.717, 1.165) is 27.9 Å². The predicted octanol–water partition coefficient (Wildman–Crippen LogP) is 4.29. The topological polar surface area (TPSA) is 72.4 Å². The maximum atomic E-state index is 12.7. The van der Waals surface area contributed by atoms with E-state index >= 15 is 0 Å². The van der Waals surface area contributed by atoms with E-state index < -0.39 is 0 Å². The van der Waals surface area contributed by atoms with Crippen LogP contribution in [0.25, 0.3) is 16.6 Å². The van der Waals surface area contributed by atoms with Gasteiger partial charge in [-0.2, -0.15) is 0 Å². The molecule has 26 heavy (non-hydrogen) atoms. The normalized spacial score (nSPS) is 12.5. The van der Waals surface area contributed by atoms with Crippen molar-refractivity contribution in [3.63, 3.8) is 0 Å². The fraction of sp³-hybridized carbons (Fsp3) is 0.211. The number of anilines is 1. The first-order chi connectivity index (χ1) is 12.7. The third-order valence-electron chi connectivity index (χ3n) is 4.23. The highest BCUT2D eigenvalue weighted by atomic mass is 32.2. The Labute approximate surface area is 154 Å². The summed E-state index contributed by atoms with van der Waals surface area (Å²) in [6.07, 6.45) is 3.99. The van der Waals surface area contributed by atoms with E-state index in [0.29, 0.717) is 11.4 Å². The monoisotopic (exact) mass is 366 g/mol. The van der Waals surface area contributed by atoms with Gasteiger partial charge >= 0.3 is 0 Å². The predicted molar refractivity (Wildman–Crippen MR) is 103 cm³/mol. The minimum Gasteiger partial charge on any atom is -0.463 e. The molecule has 0 aliphatic rings. The molecule has 1 N–H and O–H groups in total. The summed E-state index contributed by atoms with van der Waals surface area (Å²) in [4.78, 5) is 12.7. The highest BCUT2D eigenvalue weighted by Gasteiger charge is 2.21. The Kier molecular flexibility index (Phi) is 4.38. The molecule has 0 spiro atoms. The third-order valence-corrected chi connectivity index (χ3v) is 5.58. The van der Waals surface area contributed by atoms with Gasteiger partial charge in [0.1, 0.15) is 11.4 Å². The fourth-order valence-corrected chi connectivity index (χ4v) is 3.79. The van der Waals surface area contributed by atoms with Gasteiger partial charge in [0.15, 0.2) is 5.58 Å². The molecular formula is C19H18N4O2S. The van der Waals surface area contributed by atoms with Gasteiger partial charge in [-0.3, -0.25) is 9.20 Å². The van der Waals surface area contributed by atoms with Gasteiger partial charge in [-0.15, -0.1) is 10.2 Å². The number of amides is 1. The second-order valence-corrected chi connectivity index (χ2v) is 7.27. The molecule has 4 aromatic rings. The molecule has 0 unspecified atom stereocenters. The van der Waals surface area contributed by atoms with Gasteiger partial charge in [0.25, 0.3) is 0 Å². The maximum absolute atomic E-state index is 12.7. The van der Waals surface area contributed by atoms with Crippen LogP contribution in [-0.2, 0) is 4.79 Å². The maximum Gasteiger partial charge on any atom is 0.237 e. The fourth-order valence-electron chi connectivity index (χ4n) is 2.82. The summed E-state index contributed by atoms with van der Waals surface area (Å²) in [6.45, 7) is 4.01. The van der Waals surface area contributed by atoms with E-state index in [1.807, 2.05) is 54.6 Å². The Morgan fingerprint density at radius 1 is 1.27 bits per heavy atom. The molecule has 0 fully saturated rings. The highest BCUT2D eigenvalue weighted by Crippen LogP contribution is 2.31. The van der Waals surface area contributed by atoms with Crippen LogP contribution in [0.3, 0.4) is 0 Å². The van der Waals surface area contributed by atoms with Crippen molar-refractivity contribution in [3.05, 3.63) is 54.6 Å². The number of furan rings is 1. The van der Waals surface area contributed by atoms with Crippen molar-refractivity contribution in [2.75, 3.05) is 5.32 Å². The quantitative estimate of drug-likeness (QED) is 0.533. The summed E-state index contributed by atoms with van der Waals surface area (Å²) in [5, 5.41) is 11.7. The van der Waals surface area contributed by atoms with Crippen LogP contribution >= 0.6 is 11.8 Å². The first kappa shape index (κ1) is 16.7. The zero-order chi connectivity index (χ0) is 18.1. The van der Waals surface area contributed by atoms with Gasteiger partial charge in [0.05, 0.1) is 22.5 Å². The molecule has 0 saturated heterocycles. The number of carbonyl (C=O) groups is 1. The number of aromatic nitrogens is 3. The lowest BCUT2D eigenvalue weighted by Gasteiger charge is -2.14. The smallest absolute Gasteiger partial charge is 0.237 e. The molecule has 1 aromatic carbocycles. The van der Waals surface area contributed by atoms with E-state index in [-0.39, 0.29) is 11.2 Å². The van der Waals surface area contributed by atoms with Crippen LogP contribution in [0.5, 0.6) is 0 Å². The van der Waals surface area contributed by atoms with E-state index in [4.69, 9.17) is 4.42 Å². The van der Waals surface area contributed by atoms with Crippen LogP contribution in [0.15, 0.2) is 58.4 Å². The Morgan fingerprint density at radius 3 is 2.85 bits per heavy atom. The zero-order valence-corrected chi connectivity index (χ0v) is 15.3. The number of aryl methyl sites for hydroxylation is 1. The molecule has 3 aromatic heterocycles. The van der Waals surface area contributed by atoms with Gasteiger partial charge in [-0.05, 0) is 25.5 Å². The first-order valence-corrected chi connectivity index (χ1v) is 9.28. The number of nitrogens with one attached hydrogen (secondary N) is 1. The summed E-state index contributed by atoms with van der Waals surface area (Å²) in [5.41, 5.74) is 4.56. The third kappa shape index (κ3) is 3.06. The summed E-state index contributed by atoms with van der Waals surface area (Å²) >= 11 is 1.42. The number of benzene rings is 1. The van der Waals surface area contributed by atoms with Crippen molar-refractivity contribution in [2.24, 2.45) is 0 Å².